The quantitative estimate of drug-likeness (QED) is 0.637. The molecule has 0 radical (unpaired) electrons. The summed E-state index contributed by atoms with van der Waals surface area (Å²) in [5, 5.41) is 11.7. The molecule has 1 aromatic heterocycles. The molecule has 0 aliphatic carbocycles. The molecule has 5 heteroatoms. The molecule has 108 valence electrons. The molecular formula is C16H13Cl2NOS. The first-order chi connectivity index (χ1) is 10.2. The number of hydrogen-bond acceptors (Lipinski definition) is 2. The van der Waals surface area contributed by atoms with E-state index in [2.05, 4.69) is 4.98 Å². The molecule has 2 nitrogen and oxygen atoms in total. The monoisotopic (exact) mass is 337 g/mol. The zero-order valence-corrected chi connectivity index (χ0v) is 13.4. The molecule has 0 saturated heterocycles. The van der Waals surface area contributed by atoms with Crippen LogP contribution in [0.3, 0.4) is 0 Å². The van der Waals surface area contributed by atoms with Crippen molar-refractivity contribution in [1.82, 2.24) is 4.98 Å². The molecule has 3 aromatic rings. The van der Waals surface area contributed by atoms with Gasteiger partial charge in [-0.1, -0.05) is 35.3 Å². The molecule has 0 aliphatic rings. The first kappa shape index (κ1) is 14.8. The maximum Gasteiger partial charge on any atom is 0.0831 e. The van der Waals surface area contributed by atoms with Crippen molar-refractivity contribution in [2.45, 2.75) is 17.3 Å². The molecule has 0 unspecified atom stereocenters. The minimum absolute atomic E-state index is 0.000446. The Bertz CT molecular complexity index is 768. The van der Waals surface area contributed by atoms with Gasteiger partial charge in [-0.2, -0.15) is 0 Å². The van der Waals surface area contributed by atoms with Gasteiger partial charge < -0.3 is 10.1 Å². The zero-order valence-electron chi connectivity index (χ0n) is 11.1. The molecule has 21 heavy (non-hydrogen) atoms. The number of aliphatic hydroxyl groups is 1. The molecule has 0 fully saturated rings. The number of H-pyrrole nitrogens is 1. The Kier molecular flexibility index (Phi) is 4.45. The number of nitrogens with one attached hydrogen (secondary N) is 1. The summed E-state index contributed by atoms with van der Waals surface area (Å²) in [6, 6.07) is 13.7. The summed E-state index contributed by atoms with van der Waals surface area (Å²) in [4.78, 5) is 4.17. The third-order valence-corrected chi connectivity index (χ3v) is 5.01. The van der Waals surface area contributed by atoms with Gasteiger partial charge in [0.15, 0.2) is 0 Å². The van der Waals surface area contributed by atoms with Gasteiger partial charge in [-0.3, -0.25) is 0 Å². The molecule has 0 saturated carbocycles. The predicted octanol–water partition coefficient (Wildman–Crippen LogP) is 5.26. The first-order valence-corrected chi connectivity index (χ1v) is 8.19. The summed E-state index contributed by atoms with van der Waals surface area (Å²) < 4.78 is 0. The summed E-state index contributed by atoms with van der Waals surface area (Å²) in [5.41, 5.74) is 2.94. The first-order valence-electron chi connectivity index (χ1n) is 6.45. The van der Waals surface area contributed by atoms with Crippen LogP contribution in [0.15, 0.2) is 47.4 Å². The number of benzene rings is 2. The topological polar surface area (TPSA) is 36.0 Å². The lowest BCUT2D eigenvalue weighted by molar-refractivity contribution is 0.278. The summed E-state index contributed by atoms with van der Waals surface area (Å²) in [5.74, 6) is 0.833. The van der Waals surface area contributed by atoms with Gasteiger partial charge in [-0.25, -0.2) is 0 Å². The molecular weight excluding hydrogens is 325 g/mol. The third kappa shape index (κ3) is 3.38. The third-order valence-electron chi connectivity index (χ3n) is 3.21. The second kappa shape index (κ2) is 6.32. The van der Waals surface area contributed by atoms with Crippen molar-refractivity contribution < 1.29 is 5.11 Å². The Morgan fingerprint density at radius 1 is 1.05 bits per heavy atom. The zero-order chi connectivity index (χ0) is 14.8. The van der Waals surface area contributed by atoms with Crippen molar-refractivity contribution in [2.75, 3.05) is 0 Å². The van der Waals surface area contributed by atoms with E-state index in [9.17, 15) is 5.11 Å². The van der Waals surface area contributed by atoms with Crippen molar-refractivity contribution in [2.24, 2.45) is 0 Å². The van der Waals surface area contributed by atoms with E-state index in [0.29, 0.717) is 5.02 Å². The van der Waals surface area contributed by atoms with Crippen LogP contribution >= 0.6 is 35.0 Å². The summed E-state index contributed by atoms with van der Waals surface area (Å²) >= 11 is 13.9. The Balaban J connectivity index is 1.82. The minimum Gasteiger partial charge on any atom is -0.390 e. The Morgan fingerprint density at radius 3 is 2.52 bits per heavy atom. The maximum absolute atomic E-state index is 9.17. The van der Waals surface area contributed by atoms with Gasteiger partial charge >= 0.3 is 0 Å². The number of rotatable bonds is 4. The van der Waals surface area contributed by atoms with Gasteiger partial charge in [0.2, 0.25) is 0 Å². The highest BCUT2D eigenvalue weighted by Crippen LogP contribution is 2.33. The van der Waals surface area contributed by atoms with Crippen LogP contribution in [0.4, 0.5) is 0 Å². The van der Waals surface area contributed by atoms with Crippen LogP contribution in [0.5, 0.6) is 0 Å². The second-order valence-corrected chi connectivity index (χ2v) is 6.60. The fourth-order valence-corrected chi connectivity index (χ4v) is 3.51. The van der Waals surface area contributed by atoms with E-state index in [-0.39, 0.29) is 6.61 Å². The lowest BCUT2D eigenvalue weighted by atomic mass is 10.2. The Labute approximate surface area is 137 Å². The van der Waals surface area contributed by atoms with Gasteiger partial charge in [-0.05, 0) is 35.9 Å². The number of aliphatic hydroxyl groups excluding tert-OH is 1. The van der Waals surface area contributed by atoms with Gasteiger partial charge in [-0.15, -0.1) is 11.8 Å². The number of aromatic amines is 1. The van der Waals surface area contributed by atoms with Crippen molar-refractivity contribution >= 4 is 45.9 Å². The Morgan fingerprint density at radius 2 is 1.81 bits per heavy atom. The van der Waals surface area contributed by atoms with E-state index in [1.54, 1.807) is 11.8 Å². The van der Waals surface area contributed by atoms with Crippen LogP contribution < -0.4 is 0 Å². The summed E-state index contributed by atoms with van der Waals surface area (Å²) in [6.45, 7) is -0.000446. The highest BCUT2D eigenvalue weighted by Gasteiger charge is 2.07. The maximum atomic E-state index is 9.17. The molecule has 0 amide bonds. The van der Waals surface area contributed by atoms with Gasteiger partial charge in [0, 0.05) is 32.3 Å². The normalized spacial score (nSPS) is 11.2. The van der Waals surface area contributed by atoms with E-state index in [1.165, 1.54) is 5.56 Å². The van der Waals surface area contributed by atoms with Crippen LogP contribution in [0.1, 0.15) is 11.3 Å². The van der Waals surface area contributed by atoms with Crippen LogP contribution in [0, 0.1) is 0 Å². The van der Waals surface area contributed by atoms with E-state index >= 15 is 0 Å². The number of thioether (sulfide) groups is 1. The summed E-state index contributed by atoms with van der Waals surface area (Å²) in [7, 11) is 0. The van der Waals surface area contributed by atoms with E-state index < -0.39 is 0 Å². The SMILES string of the molecule is OCc1cc2cc(SCc3ccc(Cl)cc3)c(Cl)cc2[nH]1. The smallest absolute Gasteiger partial charge is 0.0831 e. The standard InChI is InChI=1S/C16H13Cl2NOS/c17-12-3-1-10(2-4-12)9-21-16-6-11-5-13(8-20)19-15(11)7-14(16)18/h1-7,19-20H,8-9H2. The molecule has 3 rings (SSSR count). The molecule has 2 aromatic carbocycles. The van der Waals surface area contributed by atoms with Crippen LogP contribution in [-0.2, 0) is 12.4 Å². The van der Waals surface area contributed by atoms with Crippen LogP contribution in [-0.4, -0.2) is 10.1 Å². The fourth-order valence-electron chi connectivity index (χ4n) is 2.13. The lowest BCUT2D eigenvalue weighted by Gasteiger charge is -2.05. The fraction of sp³-hybridized carbons (Fsp3) is 0.125. The minimum atomic E-state index is -0.000446. The molecule has 0 bridgehead atoms. The van der Waals surface area contributed by atoms with Gasteiger partial charge in [0.1, 0.15) is 0 Å². The van der Waals surface area contributed by atoms with E-state index in [4.69, 9.17) is 23.2 Å². The number of fused-ring (bicyclic) bond motifs is 1. The average molecular weight is 338 g/mol. The average Bonchev–Trinajstić information content (AvgIpc) is 2.88. The van der Waals surface area contributed by atoms with Crippen molar-refractivity contribution in [1.29, 1.82) is 0 Å². The number of aromatic nitrogens is 1. The van der Waals surface area contributed by atoms with E-state index in [1.807, 2.05) is 42.5 Å². The number of halogens is 2. The molecule has 0 spiro atoms. The molecule has 0 atom stereocenters. The van der Waals surface area contributed by atoms with Crippen molar-refractivity contribution in [3.8, 4) is 0 Å². The van der Waals surface area contributed by atoms with Crippen molar-refractivity contribution in [3.05, 3.63) is 63.8 Å². The lowest BCUT2D eigenvalue weighted by Crippen LogP contribution is -1.82. The van der Waals surface area contributed by atoms with Crippen LogP contribution in [0.25, 0.3) is 10.9 Å². The number of hydrogen-bond donors (Lipinski definition) is 2. The van der Waals surface area contributed by atoms with E-state index in [0.717, 1.165) is 32.3 Å². The van der Waals surface area contributed by atoms with Gasteiger partial charge in [0.05, 0.1) is 11.6 Å². The summed E-state index contributed by atoms with van der Waals surface area (Å²) in [6.07, 6.45) is 0. The van der Waals surface area contributed by atoms with Crippen LogP contribution in [0.2, 0.25) is 10.0 Å². The molecule has 1 heterocycles. The highest BCUT2D eigenvalue weighted by molar-refractivity contribution is 7.98. The van der Waals surface area contributed by atoms with Gasteiger partial charge in [0.25, 0.3) is 0 Å². The second-order valence-electron chi connectivity index (χ2n) is 4.74. The Hall–Kier alpha value is -1.13. The largest absolute Gasteiger partial charge is 0.390 e. The van der Waals surface area contributed by atoms with Crippen molar-refractivity contribution in [3.63, 3.8) is 0 Å². The molecule has 2 N–H and O–H groups in total. The molecule has 0 aliphatic heterocycles. The highest BCUT2D eigenvalue weighted by atomic mass is 35.5. The predicted molar refractivity (Wildman–Crippen MR) is 90.2 cm³/mol.